The van der Waals surface area contributed by atoms with Gasteiger partial charge in [0.15, 0.2) is 17.3 Å². The number of ether oxygens (including phenoxy) is 3. The smallest absolute Gasteiger partial charge is 0.346 e. The van der Waals surface area contributed by atoms with E-state index in [4.69, 9.17) is 14.2 Å². The van der Waals surface area contributed by atoms with Crippen LogP contribution in [0.4, 0.5) is 10.5 Å². The quantitative estimate of drug-likeness (QED) is 0.516. The molecule has 1 aromatic heterocycles. The lowest BCUT2D eigenvalue weighted by atomic mass is 10.2. The highest BCUT2D eigenvalue weighted by Crippen LogP contribution is 2.40. The van der Waals surface area contributed by atoms with E-state index in [1.54, 1.807) is 16.7 Å². The Kier molecular flexibility index (Phi) is 6.53. The lowest BCUT2D eigenvalue weighted by Crippen LogP contribution is -2.34. The van der Waals surface area contributed by atoms with Crippen LogP contribution in [0.1, 0.15) is 18.9 Å². The van der Waals surface area contributed by atoms with Crippen molar-refractivity contribution in [1.82, 2.24) is 19.7 Å². The monoisotopic (exact) mass is 453 g/mol. The summed E-state index contributed by atoms with van der Waals surface area (Å²) >= 11 is 0. The van der Waals surface area contributed by atoms with Crippen molar-refractivity contribution in [2.45, 2.75) is 25.4 Å². The number of rotatable bonds is 9. The summed E-state index contributed by atoms with van der Waals surface area (Å²) in [6.07, 6.45) is 1.95. The van der Waals surface area contributed by atoms with Gasteiger partial charge in [0.05, 0.1) is 33.6 Å². The molecule has 174 valence electrons. The lowest BCUT2D eigenvalue weighted by molar-refractivity contribution is 0.251. The fraction of sp³-hybridized carbons (Fsp3) is 0.348. The topological polar surface area (TPSA) is 109 Å². The molecule has 2 N–H and O–H groups in total. The first kappa shape index (κ1) is 22.3. The zero-order chi connectivity index (χ0) is 23.4. The van der Waals surface area contributed by atoms with Crippen molar-refractivity contribution in [3.8, 4) is 28.6 Å². The molecule has 10 heteroatoms. The molecule has 1 aliphatic carbocycles. The van der Waals surface area contributed by atoms with E-state index < -0.39 is 6.03 Å². The lowest BCUT2D eigenvalue weighted by Gasteiger charge is -2.14. The first-order chi connectivity index (χ1) is 16.0. The van der Waals surface area contributed by atoms with Crippen molar-refractivity contribution in [3.63, 3.8) is 0 Å². The number of carbonyl (C=O) groups is 1. The zero-order valence-corrected chi connectivity index (χ0v) is 18.8. The van der Waals surface area contributed by atoms with Gasteiger partial charge in [0.25, 0.3) is 0 Å². The number of anilines is 1. The first-order valence-corrected chi connectivity index (χ1v) is 10.6. The van der Waals surface area contributed by atoms with Gasteiger partial charge in [-0.15, -0.1) is 5.10 Å². The van der Waals surface area contributed by atoms with Crippen LogP contribution in [0.15, 0.2) is 47.3 Å². The van der Waals surface area contributed by atoms with Gasteiger partial charge in [-0.3, -0.25) is 4.57 Å². The van der Waals surface area contributed by atoms with Gasteiger partial charge in [-0.2, -0.15) is 0 Å². The van der Waals surface area contributed by atoms with E-state index in [1.807, 2.05) is 30.3 Å². The molecule has 1 aliphatic rings. The Labute approximate surface area is 191 Å². The molecule has 3 aromatic rings. The predicted octanol–water partition coefficient (Wildman–Crippen LogP) is 2.89. The third-order valence-corrected chi connectivity index (χ3v) is 5.35. The molecule has 0 aliphatic heterocycles. The largest absolute Gasteiger partial charge is 0.493 e. The van der Waals surface area contributed by atoms with Gasteiger partial charge in [-0.1, -0.05) is 30.3 Å². The number of amides is 2. The van der Waals surface area contributed by atoms with Crippen LogP contribution >= 0.6 is 0 Å². The van der Waals surface area contributed by atoms with Crippen LogP contribution in [0.5, 0.6) is 17.2 Å². The van der Waals surface area contributed by atoms with Crippen LogP contribution in [-0.4, -0.2) is 48.3 Å². The molecule has 0 radical (unpaired) electrons. The van der Waals surface area contributed by atoms with E-state index in [-0.39, 0.29) is 24.8 Å². The Balaban J connectivity index is 1.42. The van der Waals surface area contributed by atoms with Gasteiger partial charge in [0.1, 0.15) is 0 Å². The van der Waals surface area contributed by atoms with E-state index in [0.717, 1.165) is 18.4 Å². The number of nitrogens with one attached hydrogen (secondary N) is 2. The summed E-state index contributed by atoms with van der Waals surface area (Å²) in [5, 5.41) is 10.0. The van der Waals surface area contributed by atoms with Crippen molar-refractivity contribution in [1.29, 1.82) is 0 Å². The molecule has 0 atom stereocenters. The number of aromatic nitrogens is 3. The SMILES string of the molecule is COc1cc(NC(=O)NCCn2nc(-c3ccccc3)n(C3CC3)c2=O)cc(OC)c1OC. The minimum absolute atomic E-state index is 0.164. The van der Waals surface area contributed by atoms with Crippen molar-refractivity contribution in [3.05, 3.63) is 52.9 Å². The molecule has 0 bridgehead atoms. The summed E-state index contributed by atoms with van der Waals surface area (Å²) in [4.78, 5) is 25.3. The van der Waals surface area contributed by atoms with Crippen molar-refractivity contribution in [2.24, 2.45) is 0 Å². The Bertz CT molecular complexity index is 1160. The fourth-order valence-electron chi connectivity index (χ4n) is 3.62. The predicted molar refractivity (Wildman–Crippen MR) is 123 cm³/mol. The Hall–Kier alpha value is -3.95. The van der Waals surface area contributed by atoms with Gasteiger partial charge in [-0.25, -0.2) is 14.3 Å². The number of nitrogens with zero attached hydrogens (tertiary/aromatic N) is 3. The molecule has 4 rings (SSSR count). The standard InChI is InChI=1S/C23H27N5O5/c1-31-18-13-16(14-19(32-2)20(18)33-3)25-22(29)24-11-12-27-23(30)28(17-9-10-17)21(26-27)15-7-5-4-6-8-15/h4-8,13-14,17H,9-12H2,1-3H3,(H2,24,25,29). The van der Waals surface area contributed by atoms with Gasteiger partial charge < -0.3 is 24.8 Å². The summed E-state index contributed by atoms with van der Waals surface area (Å²) < 4.78 is 19.1. The second-order valence-corrected chi connectivity index (χ2v) is 7.59. The second kappa shape index (κ2) is 9.68. The minimum atomic E-state index is -0.428. The van der Waals surface area contributed by atoms with E-state index in [1.165, 1.54) is 26.0 Å². The molecule has 2 aromatic carbocycles. The highest BCUT2D eigenvalue weighted by Gasteiger charge is 2.30. The molecule has 2 amide bonds. The summed E-state index contributed by atoms with van der Waals surface area (Å²) in [6, 6.07) is 12.7. The summed E-state index contributed by atoms with van der Waals surface area (Å²) in [7, 11) is 4.52. The zero-order valence-electron chi connectivity index (χ0n) is 18.8. The highest BCUT2D eigenvalue weighted by molar-refractivity contribution is 5.90. The van der Waals surface area contributed by atoms with Gasteiger partial charge in [0, 0.05) is 30.3 Å². The number of carbonyl (C=O) groups excluding carboxylic acids is 1. The second-order valence-electron chi connectivity index (χ2n) is 7.59. The van der Waals surface area contributed by atoms with Crippen molar-refractivity contribution in [2.75, 3.05) is 33.2 Å². The van der Waals surface area contributed by atoms with Crippen LogP contribution in [0, 0.1) is 0 Å². The molecular weight excluding hydrogens is 426 g/mol. The van der Waals surface area contributed by atoms with Crippen LogP contribution in [0.25, 0.3) is 11.4 Å². The maximum atomic E-state index is 12.9. The molecular formula is C23H27N5O5. The third-order valence-electron chi connectivity index (χ3n) is 5.35. The Morgan fingerprint density at radius 3 is 2.30 bits per heavy atom. The third kappa shape index (κ3) is 4.79. The van der Waals surface area contributed by atoms with Gasteiger partial charge in [0.2, 0.25) is 5.75 Å². The van der Waals surface area contributed by atoms with E-state index in [9.17, 15) is 9.59 Å². The molecule has 1 heterocycles. The Morgan fingerprint density at radius 2 is 1.73 bits per heavy atom. The summed E-state index contributed by atoms with van der Waals surface area (Å²) in [5.74, 6) is 1.95. The van der Waals surface area contributed by atoms with Crippen molar-refractivity contribution < 1.29 is 19.0 Å². The van der Waals surface area contributed by atoms with Crippen LogP contribution in [0.3, 0.4) is 0 Å². The Morgan fingerprint density at radius 1 is 1.06 bits per heavy atom. The molecule has 1 fully saturated rings. The highest BCUT2D eigenvalue weighted by atomic mass is 16.5. The minimum Gasteiger partial charge on any atom is -0.493 e. The first-order valence-electron chi connectivity index (χ1n) is 10.6. The van der Waals surface area contributed by atoms with Crippen LogP contribution in [0.2, 0.25) is 0 Å². The molecule has 33 heavy (non-hydrogen) atoms. The van der Waals surface area contributed by atoms with E-state index in [0.29, 0.717) is 28.8 Å². The number of methoxy groups -OCH3 is 3. The molecule has 0 unspecified atom stereocenters. The summed E-state index contributed by atoms with van der Waals surface area (Å²) in [5.41, 5.74) is 1.21. The van der Waals surface area contributed by atoms with Crippen molar-refractivity contribution >= 4 is 11.7 Å². The fourth-order valence-corrected chi connectivity index (χ4v) is 3.62. The molecule has 1 saturated carbocycles. The average molecular weight is 453 g/mol. The van der Waals surface area contributed by atoms with Gasteiger partial charge in [-0.05, 0) is 12.8 Å². The number of benzene rings is 2. The maximum Gasteiger partial charge on any atom is 0.346 e. The number of urea groups is 1. The average Bonchev–Trinajstić information content (AvgIpc) is 3.62. The maximum absolute atomic E-state index is 12.9. The van der Waals surface area contributed by atoms with Crippen LogP contribution < -0.4 is 30.5 Å². The number of hydrogen-bond donors (Lipinski definition) is 2. The molecule has 0 saturated heterocycles. The van der Waals surface area contributed by atoms with E-state index >= 15 is 0 Å². The molecule has 0 spiro atoms. The van der Waals surface area contributed by atoms with E-state index in [2.05, 4.69) is 15.7 Å². The number of hydrogen-bond acceptors (Lipinski definition) is 6. The normalized spacial score (nSPS) is 12.8. The van der Waals surface area contributed by atoms with Gasteiger partial charge >= 0.3 is 11.7 Å². The molecule has 10 nitrogen and oxygen atoms in total. The summed E-state index contributed by atoms with van der Waals surface area (Å²) in [6.45, 7) is 0.479. The van der Waals surface area contributed by atoms with Crippen LogP contribution in [-0.2, 0) is 6.54 Å².